The molecule has 2 saturated carbocycles. The topological polar surface area (TPSA) is 0 Å². The third-order valence-corrected chi connectivity index (χ3v) is 5.57. The molecule has 0 N–H and O–H groups in total. The summed E-state index contributed by atoms with van der Waals surface area (Å²) in [4.78, 5) is 0. The maximum absolute atomic E-state index is 4.39. The molecule has 2 aliphatic rings. The molecule has 0 bridgehead atoms. The molecule has 0 aliphatic heterocycles. The van der Waals surface area contributed by atoms with Crippen LogP contribution in [-0.4, -0.2) is 0 Å². The van der Waals surface area contributed by atoms with Gasteiger partial charge in [0.2, 0.25) is 0 Å². The Bertz CT molecular complexity index is 343. The fourth-order valence-electron chi connectivity index (χ4n) is 3.78. The standard InChI is InChI=1S/C16H26/c1-12(2)14-8-10-15(4)9-6-7-13(3)16(15,5)11-14/h3,6-11H2,1-2,4-5H3/t15-,16-/m1/s1. The molecule has 16 heavy (non-hydrogen) atoms. The summed E-state index contributed by atoms with van der Waals surface area (Å²) in [5.41, 5.74) is 5.64. The van der Waals surface area contributed by atoms with Crippen molar-refractivity contribution in [2.45, 2.75) is 66.2 Å². The molecule has 0 aromatic rings. The largest absolute Gasteiger partial charge is 0.0993 e. The molecule has 0 saturated heterocycles. The number of fused-ring (bicyclic) bond motifs is 1. The highest BCUT2D eigenvalue weighted by molar-refractivity contribution is 5.27. The lowest BCUT2D eigenvalue weighted by Gasteiger charge is -2.55. The van der Waals surface area contributed by atoms with E-state index in [9.17, 15) is 0 Å². The zero-order valence-electron chi connectivity index (χ0n) is 11.4. The summed E-state index contributed by atoms with van der Waals surface area (Å²) >= 11 is 0. The van der Waals surface area contributed by atoms with Gasteiger partial charge in [-0.15, -0.1) is 0 Å². The lowest BCUT2D eigenvalue weighted by molar-refractivity contribution is 0.0382. The van der Waals surface area contributed by atoms with Gasteiger partial charge in [-0.2, -0.15) is 0 Å². The highest BCUT2D eigenvalue weighted by Crippen LogP contribution is 2.61. The normalized spacial score (nSPS) is 39.5. The van der Waals surface area contributed by atoms with Crippen molar-refractivity contribution in [1.82, 2.24) is 0 Å². The van der Waals surface area contributed by atoms with E-state index in [0.29, 0.717) is 10.8 Å². The van der Waals surface area contributed by atoms with Gasteiger partial charge in [0.15, 0.2) is 0 Å². The van der Waals surface area contributed by atoms with Crippen LogP contribution >= 0.6 is 0 Å². The highest BCUT2D eigenvalue weighted by Gasteiger charge is 2.50. The van der Waals surface area contributed by atoms with E-state index in [4.69, 9.17) is 0 Å². The van der Waals surface area contributed by atoms with E-state index in [2.05, 4.69) is 34.3 Å². The molecule has 2 atom stereocenters. The minimum atomic E-state index is 0.371. The van der Waals surface area contributed by atoms with Crippen LogP contribution in [0.5, 0.6) is 0 Å². The van der Waals surface area contributed by atoms with Crippen LogP contribution in [0.25, 0.3) is 0 Å². The van der Waals surface area contributed by atoms with Gasteiger partial charge >= 0.3 is 0 Å². The van der Waals surface area contributed by atoms with E-state index < -0.39 is 0 Å². The number of hydrogen-bond donors (Lipinski definition) is 0. The molecule has 0 aromatic heterocycles. The predicted molar refractivity (Wildman–Crippen MR) is 71.4 cm³/mol. The molecule has 0 amide bonds. The summed E-state index contributed by atoms with van der Waals surface area (Å²) in [6.45, 7) is 13.9. The second-order valence-electron chi connectivity index (χ2n) is 6.63. The quantitative estimate of drug-likeness (QED) is 0.486. The van der Waals surface area contributed by atoms with Crippen molar-refractivity contribution in [2.24, 2.45) is 10.8 Å². The molecule has 0 spiro atoms. The van der Waals surface area contributed by atoms with Gasteiger partial charge in [-0.1, -0.05) is 37.1 Å². The molecule has 2 fully saturated rings. The summed E-state index contributed by atoms with van der Waals surface area (Å²) in [7, 11) is 0. The molecule has 0 heteroatoms. The van der Waals surface area contributed by atoms with Gasteiger partial charge in [0.25, 0.3) is 0 Å². The molecule has 0 heterocycles. The van der Waals surface area contributed by atoms with Gasteiger partial charge in [-0.05, 0) is 63.2 Å². The molecular weight excluding hydrogens is 192 g/mol. The lowest BCUT2D eigenvalue weighted by atomic mass is 9.49. The van der Waals surface area contributed by atoms with E-state index in [-0.39, 0.29) is 0 Å². The zero-order valence-corrected chi connectivity index (χ0v) is 11.4. The number of rotatable bonds is 0. The first-order chi connectivity index (χ1) is 7.39. The first-order valence-electron chi connectivity index (χ1n) is 6.72. The van der Waals surface area contributed by atoms with Crippen molar-refractivity contribution in [3.05, 3.63) is 23.3 Å². The molecule has 90 valence electrons. The fraction of sp³-hybridized carbons (Fsp3) is 0.750. The molecule has 0 aromatic carbocycles. The number of allylic oxidation sites excluding steroid dienone is 3. The number of hydrogen-bond acceptors (Lipinski definition) is 0. The minimum Gasteiger partial charge on any atom is -0.0993 e. The van der Waals surface area contributed by atoms with Crippen LogP contribution in [0.3, 0.4) is 0 Å². The minimum absolute atomic E-state index is 0.371. The van der Waals surface area contributed by atoms with Crippen LogP contribution in [0, 0.1) is 10.8 Å². The first kappa shape index (κ1) is 12.0. The highest BCUT2D eigenvalue weighted by atomic mass is 14.5. The second-order valence-corrected chi connectivity index (χ2v) is 6.63. The van der Waals surface area contributed by atoms with Gasteiger partial charge in [0.05, 0.1) is 0 Å². The van der Waals surface area contributed by atoms with Gasteiger partial charge in [-0.3, -0.25) is 0 Å². The van der Waals surface area contributed by atoms with E-state index in [1.54, 1.807) is 11.1 Å². The summed E-state index contributed by atoms with van der Waals surface area (Å²) in [6, 6.07) is 0. The first-order valence-corrected chi connectivity index (χ1v) is 6.72. The molecule has 0 nitrogen and oxygen atoms in total. The third kappa shape index (κ3) is 1.58. The Morgan fingerprint density at radius 3 is 2.44 bits per heavy atom. The second kappa shape index (κ2) is 3.75. The molecule has 2 rings (SSSR count). The van der Waals surface area contributed by atoms with Gasteiger partial charge in [0.1, 0.15) is 0 Å². The summed E-state index contributed by atoms with van der Waals surface area (Å²) in [5, 5.41) is 0. The Labute approximate surface area is 101 Å². The van der Waals surface area contributed by atoms with Crippen LogP contribution in [0.15, 0.2) is 23.3 Å². The Morgan fingerprint density at radius 1 is 1.12 bits per heavy atom. The van der Waals surface area contributed by atoms with Crippen molar-refractivity contribution in [2.75, 3.05) is 0 Å². The van der Waals surface area contributed by atoms with Crippen LogP contribution in [0.1, 0.15) is 66.2 Å². The van der Waals surface area contributed by atoms with Gasteiger partial charge < -0.3 is 0 Å². The maximum Gasteiger partial charge on any atom is -0.00280 e. The van der Waals surface area contributed by atoms with Crippen molar-refractivity contribution < 1.29 is 0 Å². The monoisotopic (exact) mass is 218 g/mol. The molecule has 0 radical (unpaired) electrons. The van der Waals surface area contributed by atoms with Crippen molar-refractivity contribution in [3.63, 3.8) is 0 Å². The van der Waals surface area contributed by atoms with Crippen molar-refractivity contribution in [1.29, 1.82) is 0 Å². The van der Waals surface area contributed by atoms with E-state index in [1.165, 1.54) is 44.1 Å². The van der Waals surface area contributed by atoms with E-state index >= 15 is 0 Å². The van der Waals surface area contributed by atoms with E-state index in [0.717, 1.165) is 0 Å². The molecule has 2 aliphatic carbocycles. The van der Waals surface area contributed by atoms with Crippen LogP contribution in [0.2, 0.25) is 0 Å². The third-order valence-electron chi connectivity index (χ3n) is 5.57. The Kier molecular flexibility index (Phi) is 2.80. The maximum atomic E-state index is 4.39. The molecular formula is C16H26. The summed E-state index contributed by atoms with van der Waals surface area (Å²) in [5.74, 6) is 0. The average molecular weight is 218 g/mol. The van der Waals surface area contributed by atoms with E-state index in [1.807, 2.05) is 0 Å². The SMILES string of the molecule is C=C1CCC[C@]2(C)CCC(=C(C)C)C[C@]12C. The van der Waals surface area contributed by atoms with Crippen LogP contribution < -0.4 is 0 Å². The van der Waals surface area contributed by atoms with Gasteiger partial charge in [-0.25, -0.2) is 0 Å². The Morgan fingerprint density at radius 2 is 1.81 bits per heavy atom. The summed E-state index contributed by atoms with van der Waals surface area (Å²) in [6.07, 6.45) is 7.96. The lowest BCUT2D eigenvalue weighted by Crippen LogP contribution is -2.45. The Hall–Kier alpha value is -0.520. The van der Waals surface area contributed by atoms with Gasteiger partial charge in [0, 0.05) is 0 Å². The van der Waals surface area contributed by atoms with Crippen molar-refractivity contribution in [3.8, 4) is 0 Å². The average Bonchev–Trinajstić information content (AvgIpc) is 2.20. The predicted octanol–water partition coefficient (Wildman–Crippen LogP) is 5.26. The molecule has 0 unspecified atom stereocenters. The van der Waals surface area contributed by atoms with Crippen LogP contribution in [0.4, 0.5) is 0 Å². The zero-order chi connectivity index (χ0) is 12.0. The van der Waals surface area contributed by atoms with Crippen molar-refractivity contribution >= 4 is 0 Å². The van der Waals surface area contributed by atoms with Crippen LogP contribution in [-0.2, 0) is 0 Å². The smallest absolute Gasteiger partial charge is 0.00280 e. The Balaban J connectivity index is 2.37. The summed E-state index contributed by atoms with van der Waals surface area (Å²) < 4.78 is 0. The fourth-order valence-corrected chi connectivity index (χ4v) is 3.78.